The lowest BCUT2D eigenvalue weighted by Crippen LogP contribution is -2.30. The van der Waals surface area contributed by atoms with Gasteiger partial charge in [-0.05, 0) is 55.9 Å². The van der Waals surface area contributed by atoms with Crippen LogP contribution in [-0.2, 0) is 4.79 Å². The molecule has 104 valence electrons. The number of carbonyl (C=O) groups excluding carboxylic acids is 1. The molecule has 0 saturated heterocycles. The third-order valence-corrected chi connectivity index (χ3v) is 3.32. The van der Waals surface area contributed by atoms with Gasteiger partial charge >= 0.3 is 0 Å². The van der Waals surface area contributed by atoms with Gasteiger partial charge in [0.2, 0.25) is 0 Å². The van der Waals surface area contributed by atoms with Gasteiger partial charge in [-0.15, -0.1) is 0 Å². The van der Waals surface area contributed by atoms with Crippen molar-refractivity contribution in [3.8, 4) is 5.75 Å². The lowest BCUT2D eigenvalue weighted by atomic mass is 10.1. The van der Waals surface area contributed by atoms with E-state index in [0.717, 1.165) is 17.7 Å². The summed E-state index contributed by atoms with van der Waals surface area (Å²) in [6, 6.07) is 5.49. The fourth-order valence-electron chi connectivity index (χ4n) is 1.87. The minimum Gasteiger partial charge on any atom is -0.484 e. The van der Waals surface area contributed by atoms with Gasteiger partial charge < -0.3 is 15.2 Å². The molecular weight excluding hydrogens is 242 g/mol. The quantitative estimate of drug-likeness (QED) is 0.824. The zero-order valence-electron chi connectivity index (χ0n) is 11.5. The Balaban J connectivity index is 1.82. The van der Waals surface area contributed by atoms with Gasteiger partial charge in [0.15, 0.2) is 6.61 Å². The number of aliphatic hydroxyl groups is 1. The van der Waals surface area contributed by atoms with Gasteiger partial charge in [-0.1, -0.05) is 6.07 Å². The summed E-state index contributed by atoms with van der Waals surface area (Å²) in [5.41, 5.74) is 1.77. The van der Waals surface area contributed by atoms with Crippen molar-refractivity contribution in [1.82, 2.24) is 5.32 Å². The second kappa shape index (κ2) is 6.06. The molecule has 4 heteroatoms. The van der Waals surface area contributed by atoms with E-state index < -0.39 is 6.10 Å². The summed E-state index contributed by atoms with van der Waals surface area (Å²) in [5.74, 6) is 1.29. The number of carbonyl (C=O) groups is 1. The van der Waals surface area contributed by atoms with Gasteiger partial charge in [0.25, 0.3) is 5.91 Å². The summed E-state index contributed by atoms with van der Waals surface area (Å²) in [5, 5.41) is 12.3. The van der Waals surface area contributed by atoms with E-state index in [9.17, 15) is 9.90 Å². The predicted molar refractivity (Wildman–Crippen MR) is 73.0 cm³/mol. The summed E-state index contributed by atoms with van der Waals surface area (Å²) in [6.07, 6.45) is 1.96. The maximum absolute atomic E-state index is 11.6. The van der Waals surface area contributed by atoms with Crippen LogP contribution in [0.1, 0.15) is 37.0 Å². The van der Waals surface area contributed by atoms with E-state index in [4.69, 9.17) is 4.74 Å². The van der Waals surface area contributed by atoms with Crippen LogP contribution in [0.25, 0.3) is 0 Å². The van der Waals surface area contributed by atoms with Gasteiger partial charge in [-0.25, -0.2) is 0 Å². The number of aryl methyl sites for hydroxylation is 1. The number of hydrogen-bond donors (Lipinski definition) is 2. The van der Waals surface area contributed by atoms with Crippen LogP contribution >= 0.6 is 0 Å². The van der Waals surface area contributed by atoms with E-state index in [1.807, 2.05) is 19.1 Å². The average molecular weight is 263 g/mol. The minimum atomic E-state index is -0.491. The van der Waals surface area contributed by atoms with Gasteiger partial charge in [0.1, 0.15) is 5.75 Å². The van der Waals surface area contributed by atoms with Crippen molar-refractivity contribution < 1.29 is 14.6 Å². The normalized spacial score (nSPS) is 15.9. The fraction of sp³-hybridized carbons (Fsp3) is 0.533. The molecule has 1 amide bonds. The fourth-order valence-corrected chi connectivity index (χ4v) is 1.87. The van der Waals surface area contributed by atoms with Crippen LogP contribution < -0.4 is 10.1 Å². The summed E-state index contributed by atoms with van der Waals surface area (Å²) in [7, 11) is 0. The van der Waals surface area contributed by atoms with Gasteiger partial charge in [0, 0.05) is 6.54 Å². The van der Waals surface area contributed by atoms with Crippen LogP contribution in [0.2, 0.25) is 0 Å². The van der Waals surface area contributed by atoms with Crippen molar-refractivity contribution >= 4 is 5.91 Å². The van der Waals surface area contributed by atoms with Crippen LogP contribution in [-0.4, -0.2) is 24.2 Å². The maximum Gasteiger partial charge on any atom is 0.257 e. The Bertz CT molecular complexity index is 453. The first kappa shape index (κ1) is 13.9. The second-order valence-electron chi connectivity index (χ2n) is 5.24. The van der Waals surface area contributed by atoms with E-state index in [1.165, 1.54) is 12.8 Å². The highest BCUT2D eigenvalue weighted by Gasteiger charge is 2.21. The van der Waals surface area contributed by atoms with E-state index in [2.05, 4.69) is 5.32 Å². The first-order valence-electron chi connectivity index (χ1n) is 6.74. The standard InChI is InChI=1S/C15H21NO3/c1-10-7-13(11(2)17)5-6-14(10)19-9-15(18)16-8-12-3-4-12/h5-7,11-12,17H,3-4,8-9H2,1-2H3,(H,16,18). The molecule has 19 heavy (non-hydrogen) atoms. The molecule has 0 spiro atoms. The van der Waals surface area contributed by atoms with E-state index in [0.29, 0.717) is 11.7 Å². The van der Waals surface area contributed by atoms with Crippen LogP contribution in [0.5, 0.6) is 5.75 Å². The molecule has 1 aromatic rings. The number of rotatable bonds is 6. The molecule has 1 saturated carbocycles. The Kier molecular flexibility index (Phi) is 4.43. The predicted octanol–water partition coefficient (Wildman–Crippen LogP) is 1.95. The van der Waals surface area contributed by atoms with Crippen LogP contribution in [0.15, 0.2) is 18.2 Å². The highest BCUT2D eigenvalue weighted by atomic mass is 16.5. The van der Waals surface area contributed by atoms with Crippen molar-refractivity contribution in [2.75, 3.05) is 13.2 Å². The molecule has 0 aromatic heterocycles. The lowest BCUT2D eigenvalue weighted by molar-refractivity contribution is -0.123. The van der Waals surface area contributed by atoms with Gasteiger partial charge in [-0.3, -0.25) is 4.79 Å². The Hall–Kier alpha value is -1.55. The third kappa shape index (κ3) is 4.24. The SMILES string of the molecule is Cc1cc(C(C)O)ccc1OCC(=O)NCC1CC1. The average Bonchev–Trinajstić information content (AvgIpc) is 3.18. The molecule has 2 N–H and O–H groups in total. The van der Waals surface area contributed by atoms with Crippen LogP contribution in [0, 0.1) is 12.8 Å². The number of nitrogens with one attached hydrogen (secondary N) is 1. The molecule has 2 rings (SSSR count). The van der Waals surface area contributed by atoms with Gasteiger partial charge in [0.05, 0.1) is 6.10 Å². The van der Waals surface area contributed by atoms with Crippen molar-refractivity contribution in [3.63, 3.8) is 0 Å². The number of hydrogen-bond acceptors (Lipinski definition) is 3. The molecule has 0 heterocycles. The van der Waals surface area contributed by atoms with Crippen LogP contribution in [0.4, 0.5) is 0 Å². The molecule has 1 atom stereocenters. The monoisotopic (exact) mass is 263 g/mol. The Labute approximate surface area is 113 Å². The van der Waals surface area contributed by atoms with E-state index >= 15 is 0 Å². The largest absolute Gasteiger partial charge is 0.484 e. The maximum atomic E-state index is 11.6. The number of amides is 1. The summed E-state index contributed by atoms with van der Waals surface area (Å²) in [4.78, 5) is 11.6. The zero-order valence-corrected chi connectivity index (χ0v) is 11.5. The van der Waals surface area contributed by atoms with E-state index in [1.54, 1.807) is 13.0 Å². The molecule has 1 fully saturated rings. The smallest absolute Gasteiger partial charge is 0.257 e. The number of benzene rings is 1. The Morgan fingerprint density at radius 2 is 2.26 bits per heavy atom. The summed E-state index contributed by atoms with van der Waals surface area (Å²) >= 11 is 0. The summed E-state index contributed by atoms with van der Waals surface area (Å²) in [6.45, 7) is 4.44. The second-order valence-corrected chi connectivity index (χ2v) is 5.24. The first-order valence-corrected chi connectivity index (χ1v) is 6.74. The molecule has 0 aliphatic heterocycles. The van der Waals surface area contributed by atoms with E-state index in [-0.39, 0.29) is 12.5 Å². The zero-order chi connectivity index (χ0) is 13.8. The molecule has 1 unspecified atom stereocenters. The van der Waals surface area contributed by atoms with Gasteiger partial charge in [-0.2, -0.15) is 0 Å². The van der Waals surface area contributed by atoms with Crippen LogP contribution in [0.3, 0.4) is 0 Å². The molecule has 1 aromatic carbocycles. The van der Waals surface area contributed by atoms with Crippen molar-refractivity contribution in [2.45, 2.75) is 32.8 Å². The topological polar surface area (TPSA) is 58.6 Å². The number of ether oxygens (including phenoxy) is 1. The molecule has 1 aliphatic rings. The molecular formula is C15H21NO3. The Morgan fingerprint density at radius 3 is 2.84 bits per heavy atom. The minimum absolute atomic E-state index is 0.0432. The number of aliphatic hydroxyl groups excluding tert-OH is 1. The molecule has 0 bridgehead atoms. The molecule has 4 nitrogen and oxygen atoms in total. The summed E-state index contributed by atoms with van der Waals surface area (Å²) < 4.78 is 5.49. The Morgan fingerprint density at radius 1 is 1.53 bits per heavy atom. The lowest BCUT2D eigenvalue weighted by Gasteiger charge is -2.12. The first-order chi connectivity index (χ1) is 9.06. The molecule has 0 radical (unpaired) electrons. The van der Waals surface area contributed by atoms with Crippen molar-refractivity contribution in [2.24, 2.45) is 5.92 Å². The third-order valence-electron chi connectivity index (χ3n) is 3.32. The highest BCUT2D eigenvalue weighted by Crippen LogP contribution is 2.27. The van der Waals surface area contributed by atoms with Crippen molar-refractivity contribution in [3.05, 3.63) is 29.3 Å². The highest BCUT2D eigenvalue weighted by molar-refractivity contribution is 5.77. The molecule has 1 aliphatic carbocycles. The van der Waals surface area contributed by atoms with Crippen molar-refractivity contribution in [1.29, 1.82) is 0 Å².